The van der Waals surface area contributed by atoms with E-state index in [1.54, 1.807) is 11.8 Å². The maximum absolute atomic E-state index is 11.9. The number of carboxylic acids is 1. The standard InChI is InChI=1S/C15H28N2O3/c1-14(2,3)7-5-6-9-16-13(20)17-10-8-15(4,11-17)12(18)19/h5-11H2,1-4H3,(H,16,20)(H,18,19). The van der Waals surface area contributed by atoms with Crippen molar-refractivity contribution in [3.8, 4) is 0 Å². The summed E-state index contributed by atoms with van der Waals surface area (Å²) in [4.78, 5) is 24.7. The highest BCUT2D eigenvalue weighted by atomic mass is 16.4. The zero-order chi connectivity index (χ0) is 15.4. The van der Waals surface area contributed by atoms with Gasteiger partial charge in [-0.05, 0) is 31.6 Å². The van der Waals surface area contributed by atoms with E-state index < -0.39 is 11.4 Å². The molecule has 1 rings (SSSR count). The normalized spacial score (nSPS) is 22.9. The fourth-order valence-electron chi connectivity index (χ4n) is 2.40. The van der Waals surface area contributed by atoms with Crippen molar-refractivity contribution in [3.63, 3.8) is 0 Å². The number of hydrogen-bond acceptors (Lipinski definition) is 2. The molecular formula is C15H28N2O3. The van der Waals surface area contributed by atoms with E-state index in [0.29, 0.717) is 31.5 Å². The highest BCUT2D eigenvalue weighted by Crippen LogP contribution is 2.29. The van der Waals surface area contributed by atoms with Gasteiger partial charge < -0.3 is 15.3 Å². The first-order valence-electron chi connectivity index (χ1n) is 7.40. The Morgan fingerprint density at radius 1 is 1.30 bits per heavy atom. The van der Waals surface area contributed by atoms with Crippen LogP contribution < -0.4 is 5.32 Å². The molecule has 1 aliphatic rings. The number of urea groups is 1. The number of aliphatic carboxylic acids is 1. The lowest BCUT2D eigenvalue weighted by Crippen LogP contribution is -2.41. The lowest BCUT2D eigenvalue weighted by atomic mass is 9.90. The average molecular weight is 284 g/mol. The van der Waals surface area contributed by atoms with Gasteiger partial charge in [-0.3, -0.25) is 4.79 Å². The molecule has 20 heavy (non-hydrogen) atoms. The second-order valence-corrected chi connectivity index (χ2v) is 7.29. The molecule has 1 saturated heterocycles. The van der Waals surface area contributed by atoms with E-state index in [1.807, 2.05) is 0 Å². The Hall–Kier alpha value is -1.26. The van der Waals surface area contributed by atoms with Crippen LogP contribution in [0.2, 0.25) is 0 Å². The van der Waals surface area contributed by atoms with Crippen LogP contribution in [0, 0.1) is 10.8 Å². The summed E-state index contributed by atoms with van der Waals surface area (Å²) in [6.07, 6.45) is 3.73. The minimum Gasteiger partial charge on any atom is -0.481 e. The minimum absolute atomic E-state index is 0.134. The zero-order valence-electron chi connectivity index (χ0n) is 13.2. The molecule has 1 heterocycles. The number of rotatable bonds is 5. The van der Waals surface area contributed by atoms with Gasteiger partial charge in [0.25, 0.3) is 0 Å². The van der Waals surface area contributed by atoms with Crippen molar-refractivity contribution < 1.29 is 14.7 Å². The molecule has 0 saturated carbocycles. The first-order valence-corrected chi connectivity index (χ1v) is 7.40. The average Bonchev–Trinajstić information content (AvgIpc) is 2.71. The Balaban J connectivity index is 2.23. The summed E-state index contributed by atoms with van der Waals surface area (Å²) < 4.78 is 0. The van der Waals surface area contributed by atoms with Crippen molar-refractivity contribution >= 4 is 12.0 Å². The molecule has 0 aromatic carbocycles. The van der Waals surface area contributed by atoms with Crippen LogP contribution in [0.5, 0.6) is 0 Å². The molecule has 2 amide bonds. The van der Waals surface area contributed by atoms with E-state index in [4.69, 9.17) is 5.11 Å². The Morgan fingerprint density at radius 3 is 2.45 bits per heavy atom. The molecule has 1 unspecified atom stereocenters. The van der Waals surface area contributed by atoms with Gasteiger partial charge in [0, 0.05) is 19.6 Å². The molecule has 116 valence electrons. The molecule has 0 aromatic heterocycles. The fourth-order valence-corrected chi connectivity index (χ4v) is 2.40. The second-order valence-electron chi connectivity index (χ2n) is 7.29. The first-order chi connectivity index (χ1) is 9.14. The number of nitrogens with one attached hydrogen (secondary N) is 1. The Labute approximate surface area is 121 Å². The van der Waals surface area contributed by atoms with Crippen LogP contribution in [0.1, 0.15) is 53.4 Å². The lowest BCUT2D eigenvalue weighted by Gasteiger charge is -2.21. The molecule has 5 nitrogen and oxygen atoms in total. The Kier molecular flexibility index (Phi) is 5.42. The van der Waals surface area contributed by atoms with E-state index in [9.17, 15) is 9.59 Å². The monoisotopic (exact) mass is 284 g/mol. The van der Waals surface area contributed by atoms with Crippen LogP contribution in [0.25, 0.3) is 0 Å². The molecular weight excluding hydrogens is 256 g/mol. The highest BCUT2D eigenvalue weighted by Gasteiger charge is 2.42. The smallest absolute Gasteiger partial charge is 0.317 e. The Morgan fingerprint density at radius 2 is 1.95 bits per heavy atom. The van der Waals surface area contributed by atoms with Crippen LogP contribution in [0.4, 0.5) is 4.79 Å². The minimum atomic E-state index is -0.821. The van der Waals surface area contributed by atoms with Gasteiger partial charge in [-0.15, -0.1) is 0 Å². The third kappa shape index (κ3) is 5.02. The van der Waals surface area contributed by atoms with Crippen molar-refractivity contribution in [3.05, 3.63) is 0 Å². The number of unbranched alkanes of at least 4 members (excludes halogenated alkanes) is 1. The van der Waals surface area contributed by atoms with Crippen molar-refractivity contribution in [2.24, 2.45) is 10.8 Å². The third-order valence-electron chi connectivity index (χ3n) is 3.91. The van der Waals surface area contributed by atoms with E-state index in [-0.39, 0.29) is 6.03 Å². The van der Waals surface area contributed by atoms with E-state index >= 15 is 0 Å². The lowest BCUT2D eigenvalue weighted by molar-refractivity contribution is -0.146. The summed E-state index contributed by atoms with van der Waals surface area (Å²) in [6, 6.07) is -0.134. The summed E-state index contributed by atoms with van der Waals surface area (Å²) in [5.74, 6) is -0.821. The van der Waals surface area contributed by atoms with Gasteiger partial charge in [0.05, 0.1) is 5.41 Å². The topological polar surface area (TPSA) is 69.6 Å². The molecule has 2 N–H and O–H groups in total. The number of amides is 2. The maximum atomic E-state index is 11.9. The predicted molar refractivity (Wildman–Crippen MR) is 78.6 cm³/mol. The largest absolute Gasteiger partial charge is 0.481 e. The third-order valence-corrected chi connectivity index (χ3v) is 3.91. The molecule has 0 aliphatic carbocycles. The van der Waals surface area contributed by atoms with Crippen molar-refractivity contribution in [2.75, 3.05) is 19.6 Å². The summed E-state index contributed by atoms with van der Waals surface area (Å²) in [6.45, 7) is 9.82. The van der Waals surface area contributed by atoms with Crippen LogP contribution in [-0.2, 0) is 4.79 Å². The number of hydrogen-bond donors (Lipinski definition) is 2. The van der Waals surface area contributed by atoms with Gasteiger partial charge in [-0.25, -0.2) is 4.79 Å². The van der Waals surface area contributed by atoms with Gasteiger partial charge in [0.15, 0.2) is 0 Å². The van der Waals surface area contributed by atoms with Gasteiger partial charge >= 0.3 is 12.0 Å². The second kappa shape index (κ2) is 6.46. The number of likely N-dealkylation sites (tertiary alicyclic amines) is 1. The van der Waals surface area contributed by atoms with Crippen LogP contribution in [0.3, 0.4) is 0 Å². The fraction of sp³-hybridized carbons (Fsp3) is 0.867. The molecule has 1 aliphatic heterocycles. The van der Waals surface area contributed by atoms with Crippen LogP contribution in [0.15, 0.2) is 0 Å². The summed E-state index contributed by atoms with van der Waals surface area (Å²) in [5, 5.41) is 12.0. The summed E-state index contributed by atoms with van der Waals surface area (Å²) >= 11 is 0. The quantitative estimate of drug-likeness (QED) is 0.763. The van der Waals surface area contributed by atoms with Gasteiger partial charge in [0.1, 0.15) is 0 Å². The molecule has 1 fully saturated rings. The van der Waals surface area contributed by atoms with Gasteiger partial charge in [0.2, 0.25) is 0 Å². The number of nitrogens with zero attached hydrogens (tertiary/aromatic N) is 1. The number of carbonyl (C=O) groups is 2. The Bertz CT molecular complexity index is 363. The van der Waals surface area contributed by atoms with Gasteiger partial charge in [-0.2, -0.15) is 0 Å². The van der Waals surface area contributed by atoms with Gasteiger partial charge in [-0.1, -0.05) is 27.2 Å². The number of carboxylic acid groups (broad SMARTS) is 1. The molecule has 0 aromatic rings. The van der Waals surface area contributed by atoms with Crippen LogP contribution in [-0.4, -0.2) is 41.6 Å². The molecule has 1 atom stereocenters. The van der Waals surface area contributed by atoms with Crippen molar-refractivity contribution in [1.82, 2.24) is 10.2 Å². The van der Waals surface area contributed by atoms with Crippen molar-refractivity contribution in [1.29, 1.82) is 0 Å². The van der Waals surface area contributed by atoms with E-state index in [2.05, 4.69) is 26.1 Å². The molecule has 0 bridgehead atoms. The van der Waals surface area contributed by atoms with E-state index in [1.165, 1.54) is 0 Å². The summed E-state index contributed by atoms with van der Waals surface area (Å²) in [5.41, 5.74) is -0.453. The first kappa shape index (κ1) is 16.8. The maximum Gasteiger partial charge on any atom is 0.317 e. The molecule has 0 radical (unpaired) electrons. The molecule has 5 heteroatoms. The molecule has 0 spiro atoms. The SMILES string of the molecule is CC(C)(C)CCCCNC(=O)N1CCC(C)(C(=O)O)C1. The highest BCUT2D eigenvalue weighted by molar-refractivity contribution is 5.79. The van der Waals surface area contributed by atoms with Crippen LogP contribution >= 0.6 is 0 Å². The van der Waals surface area contributed by atoms with Crippen molar-refractivity contribution in [2.45, 2.75) is 53.4 Å². The van der Waals surface area contributed by atoms with E-state index in [0.717, 1.165) is 19.3 Å². The zero-order valence-corrected chi connectivity index (χ0v) is 13.2. The summed E-state index contributed by atoms with van der Waals surface area (Å²) in [7, 11) is 0. The number of carbonyl (C=O) groups excluding carboxylic acids is 1. The predicted octanol–water partition coefficient (Wildman–Crippen LogP) is 2.71.